The third-order valence-corrected chi connectivity index (χ3v) is 3.32. The Balaban J connectivity index is 2.17. The quantitative estimate of drug-likeness (QED) is 0.730. The molecule has 2 aromatic rings. The SMILES string of the molecule is Cc1cccc(C(=O)Cc2cccc(C(C)C)c2)c1. The molecule has 0 atom stereocenters. The van der Waals surface area contributed by atoms with E-state index in [-0.39, 0.29) is 5.78 Å². The molecular formula is C18H20O. The Kier molecular flexibility index (Phi) is 4.16. The molecule has 0 aliphatic heterocycles. The van der Waals surface area contributed by atoms with Crippen molar-refractivity contribution in [2.45, 2.75) is 33.1 Å². The molecule has 0 saturated heterocycles. The van der Waals surface area contributed by atoms with Crippen LogP contribution in [0, 0.1) is 6.92 Å². The molecule has 0 N–H and O–H groups in total. The van der Waals surface area contributed by atoms with Crippen LogP contribution in [-0.4, -0.2) is 5.78 Å². The molecule has 1 nitrogen and oxygen atoms in total. The van der Waals surface area contributed by atoms with Crippen molar-refractivity contribution in [2.24, 2.45) is 0 Å². The lowest BCUT2D eigenvalue weighted by Gasteiger charge is -2.08. The summed E-state index contributed by atoms with van der Waals surface area (Å²) in [7, 11) is 0. The number of hydrogen-bond acceptors (Lipinski definition) is 1. The van der Waals surface area contributed by atoms with Gasteiger partial charge >= 0.3 is 0 Å². The number of benzene rings is 2. The Hall–Kier alpha value is -1.89. The third-order valence-electron chi connectivity index (χ3n) is 3.32. The summed E-state index contributed by atoms with van der Waals surface area (Å²) < 4.78 is 0. The largest absolute Gasteiger partial charge is 0.294 e. The summed E-state index contributed by atoms with van der Waals surface area (Å²) in [5, 5.41) is 0. The van der Waals surface area contributed by atoms with Gasteiger partial charge in [-0.1, -0.05) is 61.9 Å². The van der Waals surface area contributed by atoms with Crippen molar-refractivity contribution in [3.63, 3.8) is 0 Å². The molecule has 0 saturated carbocycles. The van der Waals surface area contributed by atoms with Crippen molar-refractivity contribution in [2.75, 3.05) is 0 Å². The smallest absolute Gasteiger partial charge is 0.167 e. The first-order valence-corrected chi connectivity index (χ1v) is 6.75. The molecule has 2 rings (SSSR count). The molecule has 2 aromatic carbocycles. The zero-order chi connectivity index (χ0) is 13.8. The molecule has 0 heterocycles. The van der Waals surface area contributed by atoms with Gasteiger partial charge in [-0.25, -0.2) is 0 Å². The summed E-state index contributed by atoms with van der Waals surface area (Å²) in [6, 6.07) is 16.1. The summed E-state index contributed by atoms with van der Waals surface area (Å²) in [4.78, 5) is 12.2. The van der Waals surface area contributed by atoms with E-state index in [2.05, 4.69) is 26.0 Å². The van der Waals surface area contributed by atoms with Crippen LogP contribution in [0.1, 0.15) is 46.8 Å². The van der Waals surface area contributed by atoms with Crippen molar-refractivity contribution in [3.8, 4) is 0 Å². The Labute approximate surface area is 115 Å². The standard InChI is InChI=1S/C18H20O/c1-13(2)16-8-5-7-15(11-16)12-18(19)17-9-4-6-14(3)10-17/h4-11,13H,12H2,1-3H3. The highest BCUT2D eigenvalue weighted by Crippen LogP contribution is 2.17. The molecule has 0 aliphatic rings. The van der Waals surface area contributed by atoms with Gasteiger partial charge in [0.25, 0.3) is 0 Å². The van der Waals surface area contributed by atoms with E-state index in [1.165, 1.54) is 5.56 Å². The first kappa shape index (κ1) is 13.5. The van der Waals surface area contributed by atoms with E-state index in [1.807, 2.05) is 43.3 Å². The van der Waals surface area contributed by atoms with Crippen LogP contribution in [0.3, 0.4) is 0 Å². The lowest BCUT2D eigenvalue weighted by atomic mass is 9.97. The van der Waals surface area contributed by atoms with Gasteiger partial charge in [0, 0.05) is 12.0 Å². The van der Waals surface area contributed by atoms with E-state index in [9.17, 15) is 4.79 Å². The minimum absolute atomic E-state index is 0.185. The van der Waals surface area contributed by atoms with Gasteiger partial charge in [0.05, 0.1) is 0 Å². The fraction of sp³-hybridized carbons (Fsp3) is 0.278. The predicted octanol–water partition coefficient (Wildman–Crippen LogP) is 4.54. The maximum Gasteiger partial charge on any atom is 0.167 e. The Morgan fingerprint density at radius 2 is 1.79 bits per heavy atom. The first-order chi connectivity index (χ1) is 9.06. The summed E-state index contributed by atoms with van der Waals surface area (Å²) in [6.07, 6.45) is 0.476. The minimum atomic E-state index is 0.185. The molecule has 1 heteroatoms. The fourth-order valence-electron chi connectivity index (χ4n) is 2.17. The van der Waals surface area contributed by atoms with Crippen LogP contribution in [0.25, 0.3) is 0 Å². The molecule has 0 unspecified atom stereocenters. The van der Waals surface area contributed by atoms with E-state index in [0.29, 0.717) is 12.3 Å². The molecule has 0 bridgehead atoms. The van der Waals surface area contributed by atoms with Crippen LogP contribution in [0.5, 0.6) is 0 Å². The van der Waals surface area contributed by atoms with E-state index in [4.69, 9.17) is 0 Å². The summed E-state index contributed by atoms with van der Waals surface area (Å²) in [5.41, 5.74) is 4.31. The summed E-state index contributed by atoms with van der Waals surface area (Å²) in [5.74, 6) is 0.679. The number of aryl methyl sites for hydroxylation is 1. The van der Waals surface area contributed by atoms with Crippen LogP contribution in [-0.2, 0) is 6.42 Å². The number of carbonyl (C=O) groups is 1. The Morgan fingerprint density at radius 3 is 2.47 bits per heavy atom. The zero-order valence-electron chi connectivity index (χ0n) is 11.8. The number of carbonyl (C=O) groups excluding carboxylic acids is 1. The lowest BCUT2D eigenvalue weighted by Crippen LogP contribution is -2.04. The third kappa shape index (κ3) is 3.54. The first-order valence-electron chi connectivity index (χ1n) is 6.75. The van der Waals surface area contributed by atoms with Gasteiger partial charge < -0.3 is 0 Å². The van der Waals surface area contributed by atoms with Crippen molar-refractivity contribution >= 4 is 5.78 Å². The van der Waals surface area contributed by atoms with Crippen molar-refractivity contribution in [1.82, 2.24) is 0 Å². The highest BCUT2D eigenvalue weighted by atomic mass is 16.1. The van der Waals surface area contributed by atoms with Gasteiger partial charge in [0.15, 0.2) is 5.78 Å². The molecule has 0 amide bonds. The number of rotatable bonds is 4. The van der Waals surface area contributed by atoms with Crippen molar-refractivity contribution in [3.05, 3.63) is 70.8 Å². The maximum atomic E-state index is 12.2. The second kappa shape index (κ2) is 5.83. The van der Waals surface area contributed by atoms with E-state index in [1.54, 1.807) is 0 Å². The van der Waals surface area contributed by atoms with E-state index in [0.717, 1.165) is 16.7 Å². The lowest BCUT2D eigenvalue weighted by molar-refractivity contribution is 0.0993. The van der Waals surface area contributed by atoms with Crippen LogP contribution in [0.4, 0.5) is 0 Å². The molecule has 0 spiro atoms. The van der Waals surface area contributed by atoms with Crippen molar-refractivity contribution in [1.29, 1.82) is 0 Å². The molecule has 0 aromatic heterocycles. The molecular weight excluding hydrogens is 232 g/mol. The summed E-state index contributed by atoms with van der Waals surface area (Å²) in [6.45, 7) is 6.35. The minimum Gasteiger partial charge on any atom is -0.294 e. The predicted molar refractivity (Wildman–Crippen MR) is 79.7 cm³/mol. The molecule has 98 valence electrons. The highest BCUT2D eigenvalue weighted by molar-refractivity contribution is 5.97. The van der Waals surface area contributed by atoms with Crippen LogP contribution in [0.15, 0.2) is 48.5 Å². The van der Waals surface area contributed by atoms with Gasteiger partial charge in [-0.3, -0.25) is 4.79 Å². The van der Waals surface area contributed by atoms with Gasteiger partial charge in [0.2, 0.25) is 0 Å². The second-order valence-electron chi connectivity index (χ2n) is 5.37. The molecule has 19 heavy (non-hydrogen) atoms. The van der Waals surface area contributed by atoms with Crippen LogP contribution >= 0.6 is 0 Å². The fourth-order valence-corrected chi connectivity index (χ4v) is 2.17. The highest BCUT2D eigenvalue weighted by Gasteiger charge is 2.08. The van der Waals surface area contributed by atoms with Gasteiger partial charge in [-0.2, -0.15) is 0 Å². The Bertz CT molecular complexity index is 582. The zero-order valence-corrected chi connectivity index (χ0v) is 11.8. The van der Waals surface area contributed by atoms with Gasteiger partial charge in [-0.05, 0) is 30.0 Å². The monoisotopic (exact) mass is 252 g/mol. The second-order valence-corrected chi connectivity index (χ2v) is 5.37. The average molecular weight is 252 g/mol. The van der Waals surface area contributed by atoms with Gasteiger partial charge in [0.1, 0.15) is 0 Å². The molecule has 0 aliphatic carbocycles. The maximum absolute atomic E-state index is 12.2. The molecule has 0 fully saturated rings. The van der Waals surface area contributed by atoms with Gasteiger partial charge in [-0.15, -0.1) is 0 Å². The summed E-state index contributed by atoms with van der Waals surface area (Å²) >= 11 is 0. The van der Waals surface area contributed by atoms with E-state index >= 15 is 0 Å². The van der Waals surface area contributed by atoms with E-state index < -0.39 is 0 Å². The number of ketones is 1. The Morgan fingerprint density at radius 1 is 1.05 bits per heavy atom. The number of hydrogen-bond donors (Lipinski definition) is 0. The van der Waals surface area contributed by atoms with Crippen molar-refractivity contribution < 1.29 is 4.79 Å². The van der Waals surface area contributed by atoms with Crippen LogP contribution in [0.2, 0.25) is 0 Å². The average Bonchev–Trinajstić information content (AvgIpc) is 2.39. The normalized spacial score (nSPS) is 10.7. The number of Topliss-reactive ketones (excluding diaryl/α,β-unsaturated/α-hetero) is 1. The molecule has 0 radical (unpaired) electrons. The topological polar surface area (TPSA) is 17.1 Å². The van der Waals surface area contributed by atoms with Crippen LogP contribution < -0.4 is 0 Å².